The molecule has 0 amide bonds. The van der Waals surface area contributed by atoms with Crippen molar-refractivity contribution in [3.8, 4) is 0 Å². The normalized spacial score (nSPS) is 21.2. The molecule has 5 nitrogen and oxygen atoms in total. The van der Waals surface area contributed by atoms with Crippen LogP contribution in [0.2, 0.25) is 0 Å². The van der Waals surface area contributed by atoms with Gasteiger partial charge < -0.3 is 9.57 Å². The number of ketones is 1. The van der Waals surface area contributed by atoms with Gasteiger partial charge in [-0.2, -0.15) is 0 Å². The number of carbonyl (C=O) groups excluding carboxylic acids is 2. The molecule has 1 aromatic rings. The molecule has 2 atom stereocenters. The summed E-state index contributed by atoms with van der Waals surface area (Å²) in [6.45, 7) is 0.471. The lowest BCUT2D eigenvalue weighted by Crippen LogP contribution is -2.23. The molecule has 0 bridgehead atoms. The highest BCUT2D eigenvalue weighted by atomic mass is 16.8. The van der Waals surface area contributed by atoms with Crippen molar-refractivity contribution in [3.05, 3.63) is 35.9 Å². The lowest BCUT2D eigenvalue weighted by molar-refractivity contribution is 0.0280. The summed E-state index contributed by atoms with van der Waals surface area (Å²) < 4.78 is 4.31. The molecule has 96 valence electrons. The minimum atomic E-state index is -0.776. The van der Waals surface area contributed by atoms with Gasteiger partial charge in [-0.25, -0.2) is 4.79 Å². The molecular formula is C13H15NO4. The van der Waals surface area contributed by atoms with Crippen LogP contribution >= 0.6 is 0 Å². The van der Waals surface area contributed by atoms with E-state index >= 15 is 0 Å². The average Bonchev–Trinajstić information content (AvgIpc) is 3.18. The van der Waals surface area contributed by atoms with Gasteiger partial charge >= 0.3 is 6.16 Å². The fourth-order valence-corrected chi connectivity index (χ4v) is 1.86. The van der Waals surface area contributed by atoms with Crippen molar-refractivity contribution in [2.24, 2.45) is 11.8 Å². The van der Waals surface area contributed by atoms with Gasteiger partial charge in [0.05, 0.1) is 7.11 Å². The maximum Gasteiger partial charge on any atom is 0.527 e. The van der Waals surface area contributed by atoms with Gasteiger partial charge in [0, 0.05) is 18.0 Å². The SMILES string of the molecule is COC(=O)ONC[C@H]1C[C@@H]1C(=O)c1ccccc1. The van der Waals surface area contributed by atoms with E-state index in [1.807, 2.05) is 30.3 Å². The van der Waals surface area contributed by atoms with Gasteiger partial charge in [-0.3, -0.25) is 4.79 Å². The quantitative estimate of drug-likeness (QED) is 0.489. The van der Waals surface area contributed by atoms with E-state index in [4.69, 9.17) is 0 Å². The third kappa shape index (κ3) is 3.07. The highest BCUT2D eigenvalue weighted by Crippen LogP contribution is 2.40. The first-order valence-electron chi connectivity index (χ1n) is 5.79. The molecule has 1 aliphatic carbocycles. The van der Waals surface area contributed by atoms with E-state index in [1.54, 1.807) is 0 Å². The molecule has 0 aliphatic heterocycles. The summed E-state index contributed by atoms with van der Waals surface area (Å²) in [7, 11) is 1.24. The molecular weight excluding hydrogens is 234 g/mol. The lowest BCUT2D eigenvalue weighted by atomic mass is 10.1. The van der Waals surface area contributed by atoms with Gasteiger partial charge in [0.25, 0.3) is 0 Å². The Morgan fingerprint density at radius 2 is 2.06 bits per heavy atom. The first-order valence-corrected chi connectivity index (χ1v) is 5.79. The van der Waals surface area contributed by atoms with Crippen LogP contribution in [0.25, 0.3) is 0 Å². The molecule has 1 fully saturated rings. The van der Waals surface area contributed by atoms with Gasteiger partial charge in [0.15, 0.2) is 5.78 Å². The van der Waals surface area contributed by atoms with Crippen LogP contribution < -0.4 is 5.48 Å². The lowest BCUT2D eigenvalue weighted by Gasteiger charge is -2.03. The maximum absolute atomic E-state index is 12.0. The third-order valence-corrected chi connectivity index (χ3v) is 2.99. The standard InChI is InChI=1S/C13H15NO4/c1-17-13(16)18-14-8-10-7-11(10)12(15)9-5-3-2-4-6-9/h2-6,10-11,14H,7-8H2,1H3/t10-,11+/m1/s1. The summed E-state index contributed by atoms with van der Waals surface area (Å²) in [6.07, 6.45) is 0.0484. The van der Waals surface area contributed by atoms with E-state index in [2.05, 4.69) is 15.1 Å². The van der Waals surface area contributed by atoms with Gasteiger partial charge in [-0.15, -0.1) is 5.48 Å². The summed E-state index contributed by atoms with van der Waals surface area (Å²) in [4.78, 5) is 27.2. The van der Waals surface area contributed by atoms with Crippen molar-refractivity contribution in [2.45, 2.75) is 6.42 Å². The summed E-state index contributed by atoms with van der Waals surface area (Å²) in [6, 6.07) is 9.21. The molecule has 0 unspecified atom stereocenters. The van der Waals surface area contributed by atoms with Crippen molar-refractivity contribution in [3.63, 3.8) is 0 Å². The second-order valence-electron chi connectivity index (χ2n) is 4.24. The van der Waals surface area contributed by atoms with E-state index in [0.29, 0.717) is 6.54 Å². The molecule has 1 saturated carbocycles. The van der Waals surface area contributed by atoms with Crippen molar-refractivity contribution < 1.29 is 19.2 Å². The Hall–Kier alpha value is -1.88. The molecule has 1 N–H and O–H groups in total. The summed E-state index contributed by atoms with van der Waals surface area (Å²) in [5.41, 5.74) is 3.24. The first-order chi connectivity index (χ1) is 8.72. The second kappa shape index (κ2) is 5.64. The minimum absolute atomic E-state index is 0.0288. The molecule has 0 heterocycles. The monoisotopic (exact) mass is 249 g/mol. The zero-order chi connectivity index (χ0) is 13.0. The zero-order valence-electron chi connectivity index (χ0n) is 10.1. The van der Waals surface area contributed by atoms with Crippen LogP contribution in [0.3, 0.4) is 0 Å². The van der Waals surface area contributed by atoms with Gasteiger partial charge in [0.2, 0.25) is 0 Å². The smallest absolute Gasteiger partial charge is 0.436 e. The molecule has 5 heteroatoms. The molecule has 2 rings (SSSR count). The Labute approximate surface area is 105 Å². The zero-order valence-corrected chi connectivity index (χ0v) is 10.1. The predicted molar refractivity (Wildman–Crippen MR) is 63.9 cm³/mol. The van der Waals surface area contributed by atoms with Crippen LogP contribution in [-0.2, 0) is 9.57 Å². The summed E-state index contributed by atoms with van der Waals surface area (Å²) in [5.74, 6) is 0.406. The second-order valence-corrected chi connectivity index (χ2v) is 4.24. The number of hydroxylamine groups is 1. The van der Waals surface area contributed by atoms with Crippen LogP contribution in [0.5, 0.6) is 0 Å². The first kappa shape index (κ1) is 12.6. The van der Waals surface area contributed by atoms with Gasteiger partial charge in [-0.1, -0.05) is 30.3 Å². The van der Waals surface area contributed by atoms with E-state index in [0.717, 1.165) is 12.0 Å². The third-order valence-electron chi connectivity index (χ3n) is 2.99. The molecule has 0 saturated heterocycles. The van der Waals surface area contributed by atoms with Crippen molar-refractivity contribution in [1.82, 2.24) is 5.48 Å². The Kier molecular flexibility index (Phi) is 3.94. The van der Waals surface area contributed by atoms with Crippen LogP contribution in [-0.4, -0.2) is 25.6 Å². The Balaban J connectivity index is 1.75. The van der Waals surface area contributed by atoms with Crippen LogP contribution in [0, 0.1) is 11.8 Å². The van der Waals surface area contributed by atoms with E-state index in [1.165, 1.54) is 7.11 Å². The fraction of sp³-hybridized carbons (Fsp3) is 0.385. The largest absolute Gasteiger partial charge is 0.527 e. The Bertz CT molecular complexity index is 432. The summed E-state index contributed by atoms with van der Waals surface area (Å²) >= 11 is 0. The number of hydrogen-bond donors (Lipinski definition) is 1. The molecule has 0 aromatic heterocycles. The van der Waals surface area contributed by atoms with Gasteiger partial charge in [0.1, 0.15) is 0 Å². The highest BCUT2D eigenvalue weighted by Gasteiger charge is 2.42. The number of hydrogen-bond acceptors (Lipinski definition) is 5. The number of nitrogens with one attached hydrogen (secondary N) is 1. The minimum Gasteiger partial charge on any atom is -0.436 e. The predicted octanol–water partition coefficient (Wildman–Crippen LogP) is 1.79. The highest BCUT2D eigenvalue weighted by molar-refractivity contribution is 5.99. The van der Waals surface area contributed by atoms with Crippen molar-refractivity contribution >= 4 is 11.9 Å². The Morgan fingerprint density at radius 1 is 1.33 bits per heavy atom. The van der Waals surface area contributed by atoms with Crippen LogP contribution in [0.4, 0.5) is 4.79 Å². The number of ether oxygens (including phenoxy) is 1. The number of rotatable bonds is 5. The molecule has 0 radical (unpaired) electrons. The molecule has 1 aliphatic rings. The van der Waals surface area contributed by atoms with Crippen LogP contribution in [0.1, 0.15) is 16.8 Å². The number of methoxy groups -OCH3 is 1. The van der Waals surface area contributed by atoms with E-state index in [-0.39, 0.29) is 17.6 Å². The molecule has 1 aromatic carbocycles. The van der Waals surface area contributed by atoms with E-state index < -0.39 is 6.16 Å². The maximum atomic E-state index is 12.0. The van der Waals surface area contributed by atoms with Gasteiger partial charge in [-0.05, 0) is 12.3 Å². The topological polar surface area (TPSA) is 64.6 Å². The Morgan fingerprint density at radius 3 is 2.72 bits per heavy atom. The summed E-state index contributed by atoms with van der Waals surface area (Å²) in [5, 5.41) is 0. The fourth-order valence-electron chi connectivity index (χ4n) is 1.86. The number of Topliss-reactive ketones (excluding diaryl/α,β-unsaturated/α-hetero) is 1. The average molecular weight is 249 g/mol. The number of carbonyl (C=O) groups is 2. The van der Waals surface area contributed by atoms with Crippen molar-refractivity contribution in [2.75, 3.05) is 13.7 Å². The molecule has 0 spiro atoms. The number of benzene rings is 1. The molecule has 18 heavy (non-hydrogen) atoms. The van der Waals surface area contributed by atoms with Crippen LogP contribution in [0.15, 0.2) is 30.3 Å². The van der Waals surface area contributed by atoms with E-state index in [9.17, 15) is 9.59 Å². The van der Waals surface area contributed by atoms with Crippen molar-refractivity contribution in [1.29, 1.82) is 0 Å².